The van der Waals surface area contributed by atoms with E-state index < -0.39 is 23.7 Å². The zero-order valence-electron chi connectivity index (χ0n) is 10.4. The molecule has 0 radical (unpaired) electrons. The first-order valence-corrected chi connectivity index (χ1v) is 5.45. The van der Waals surface area contributed by atoms with E-state index in [0.717, 1.165) is 4.90 Å². The summed E-state index contributed by atoms with van der Waals surface area (Å²) in [6.45, 7) is 4.65. The van der Waals surface area contributed by atoms with Gasteiger partial charge in [0.2, 0.25) is 0 Å². The molecule has 1 heterocycles. The van der Waals surface area contributed by atoms with E-state index in [1.54, 1.807) is 13.8 Å². The second kappa shape index (κ2) is 5.44. The molecule has 0 saturated carbocycles. The lowest BCUT2D eigenvalue weighted by Gasteiger charge is -2.10. The lowest BCUT2D eigenvalue weighted by Crippen LogP contribution is -2.34. The molecule has 1 aliphatic rings. The number of rotatable bonds is 4. The van der Waals surface area contributed by atoms with Crippen molar-refractivity contribution < 1.29 is 24.2 Å². The standard InChI is InChI=1S/C11H14N2O5/c1-4-13-9(15)8(12-11(13)17)7(6(3)14)10(16)18-5-2/h14H,4-5H2,1-3H3. The van der Waals surface area contributed by atoms with Gasteiger partial charge in [-0.2, -0.15) is 4.99 Å². The first-order chi connectivity index (χ1) is 8.43. The Morgan fingerprint density at radius 2 is 2.00 bits per heavy atom. The third kappa shape index (κ3) is 2.39. The second-order valence-corrected chi connectivity index (χ2v) is 3.47. The molecule has 0 unspecified atom stereocenters. The van der Waals surface area contributed by atoms with E-state index in [1.807, 2.05) is 0 Å². The number of aliphatic imine (C=N–C) groups is 1. The lowest BCUT2D eigenvalue weighted by atomic mass is 10.1. The van der Waals surface area contributed by atoms with Crippen molar-refractivity contribution in [2.24, 2.45) is 4.99 Å². The molecular weight excluding hydrogens is 240 g/mol. The van der Waals surface area contributed by atoms with Crippen LogP contribution in [0, 0.1) is 0 Å². The molecule has 0 aromatic rings. The Balaban J connectivity index is 3.16. The number of carbonyl (C=O) groups excluding carboxylic acids is 3. The van der Waals surface area contributed by atoms with Gasteiger partial charge in [0.05, 0.1) is 6.61 Å². The topological polar surface area (TPSA) is 96.3 Å². The number of hydrogen-bond acceptors (Lipinski definition) is 5. The molecule has 98 valence electrons. The largest absolute Gasteiger partial charge is 0.512 e. The van der Waals surface area contributed by atoms with Crippen molar-refractivity contribution in [3.05, 3.63) is 11.3 Å². The van der Waals surface area contributed by atoms with Crippen LogP contribution in [0.2, 0.25) is 0 Å². The molecule has 0 spiro atoms. The average Bonchev–Trinajstić information content (AvgIpc) is 2.54. The van der Waals surface area contributed by atoms with Crippen molar-refractivity contribution in [2.75, 3.05) is 13.2 Å². The maximum absolute atomic E-state index is 11.8. The molecule has 0 aromatic heterocycles. The minimum absolute atomic E-state index is 0.0858. The molecular formula is C11H14N2O5. The Bertz CT molecular complexity index is 460. The molecule has 7 heteroatoms. The monoisotopic (exact) mass is 254 g/mol. The molecule has 0 aromatic carbocycles. The minimum atomic E-state index is -0.879. The molecule has 1 aliphatic heterocycles. The molecule has 0 saturated heterocycles. The number of aliphatic hydroxyl groups excluding tert-OH is 1. The fourth-order valence-corrected chi connectivity index (χ4v) is 1.48. The molecule has 0 atom stereocenters. The van der Waals surface area contributed by atoms with E-state index in [1.165, 1.54) is 6.92 Å². The average molecular weight is 254 g/mol. The maximum atomic E-state index is 11.8. The van der Waals surface area contributed by atoms with Gasteiger partial charge in [-0.15, -0.1) is 0 Å². The molecule has 1 rings (SSSR count). The summed E-state index contributed by atoms with van der Waals surface area (Å²) in [5, 5.41) is 9.45. The van der Waals surface area contributed by atoms with E-state index in [2.05, 4.69) is 4.99 Å². The van der Waals surface area contributed by atoms with E-state index in [9.17, 15) is 19.5 Å². The lowest BCUT2D eigenvalue weighted by molar-refractivity contribution is -0.138. The highest BCUT2D eigenvalue weighted by molar-refractivity contribution is 6.55. The zero-order chi connectivity index (χ0) is 13.9. The van der Waals surface area contributed by atoms with Gasteiger partial charge >= 0.3 is 12.0 Å². The Kier molecular flexibility index (Phi) is 4.19. The third-order valence-electron chi connectivity index (χ3n) is 2.28. The Labute approximate surface area is 104 Å². The summed E-state index contributed by atoms with van der Waals surface area (Å²) in [4.78, 5) is 39.2. The minimum Gasteiger partial charge on any atom is -0.512 e. The molecule has 0 aliphatic carbocycles. The van der Waals surface area contributed by atoms with Crippen LogP contribution < -0.4 is 0 Å². The number of nitrogens with zero attached hydrogens (tertiary/aromatic N) is 2. The molecule has 7 nitrogen and oxygen atoms in total. The molecule has 1 N–H and O–H groups in total. The number of amides is 3. The van der Waals surface area contributed by atoms with Gasteiger partial charge in [-0.1, -0.05) is 0 Å². The van der Waals surface area contributed by atoms with E-state index in [-0.39, 0.29) is 24.4 Å². The van der Waals surface area contributed by atoms with Crippen molar-refractivity contribution in [3.8, 4) is 0 Å². The summed E-state index contributed by atoms with van der Waals surface area (Å²) in [5.74, 6) is -2.00. The van der Waals surface area contributed by atoms with Crippen molar-refractivity contribution in [1.29, 1.82) is 0 Å². The van der Waals surface area contributed by atoms with Gasteiger partial charge in [0.1, 0.15) is 11.3 Å². The molecule has 3 amide bonds. The number of carbonyl (C=O) groups is 3. The van der Waals surface area contributed by atoms with Crippen molar-refractivity contribution in [2.45, 2.75) is 20.8 Å². The quantitative estimate of drug-likeness (QED) is 0.455. The summed E-state index contributed by atoms with van der Waals surface area (Å²) < 4.78 is 4.71. The van der Waals surface area contributed by atoms with Gasteiger partial charge in [0.25, 0.3) is 5.91 Å². The fourth-order valence-electron chi connectivity index (χ4n) is 1.48. The third-order valence-corrected chi connectivity index (χ3v) is 2.28. The first kappa shape index (κ1) is 13.9. The van der Waals surface area contributed by atoms with Crippen LogP contribution in [-0.4, -0.2) is 46.8 Å². The predicted molar refractivity (Wildman–Crippen MR) is 62.2 cm³/mol. The van der Waals surface area contributed by atoms with Crippen LogP contribution in [0.15, 0.2) is 16.3 Å². The van der Waals surface area contributed by atoms with Gasteiger partial charge in [0, 0.05) is 6.54 Å². The number of esters is 1. The van der Waals surface area contributed by atoms with Crippen molar-refractivity contribution >= 4 is 23.6 Å². The van der Waals surface area contributed by atoms with Crippen LogP contribution in [0.25, 0.3) is 0 Å². The van der Waals surface area contributed by atoms with Gasteiger partial charge in [-0.25, -0.2) is 9.59 Å². The summed E-state index contributed by atoms with van der Waals surface area (Å²) >= 11 is 0. The SMILES string of the molecule is CCOC(=O)C(C1=NC(=O)N(CC)C1=O)=C(C)O. The smallest absolute Gasteiger partial charge is 0.351 e. The number of ether oxygens (including phenoxy) is 1. The molecule has 0 bridgehead atoms. The first-order valence-electron chi connectivity index (χ1n) is 5.45. The van der Waals surface area contributed by atoms with Gasteiger partial charge in [0.15, 0.2) is 5.71 Å². The van der Waals surface area contributed by atoms with Gasteiger partial charge < -0.3 is 9.84 Å². The van der Waals surface area contributed by atoms with E-state index in [0.29, 0.717) is 0 Å². The second-order valence-electron chi connectivity index (χ2n) is 3.47. The maximum Gasteiger partial charge on any atom is 0.351 e. The summed E-state index contributed by atoms with van der Waals surface area (Å²) in [6.07, 6.45) is 0. The summed E-state index contributed by atoms with van der Waals surface area (Å²) in [7, 11) is 0. The summed E-state index contributed by atoms with van der Waals surface area (Å²) in [5.41, 5.74) is -0.744. The van der Waals surface area contributed by atoms with E-state index in [4.69, 9.17) is 4.74 Å². The Hall–Kier alpha value is -2.18. The Morgan fingerprint density at radius 1 is 1.39 bits per heavy atom. The summed E-state index contributed by atoms with van der Waals surface area (Å²) in [6, 6.07) is -0.749. The van der Waals surface area contributed by atoms with Crippen molar-refractivity contribution in [3.63, 3.8) is 0 Å². The zero-order valence-corrected chi connectivity index (χ0v) is 10.4. The van der Waals surface area contributed by atoms with Crippen molar-refractivity contribution in [1.82, 2.24) is 4.90 Å². The number of urea groups is 1. The van der Waals surface area contributed by atoms with Crippen LogP contribution >= 0.6 is 0 Å². The van der Waals surface area contributed by atoms with Crippen LogP contribution in [0.4, 0.5) is 4.79 Å². The number of hydrogen-bond donors (Lipinski definition) is 1. The van der Waals surface area contributed by atoms with Crippen LogP contribution in [0.1, 0.15) is 20.8 Å². The number of imide groups is 1. The Morgan fingerprint density at radius 3 is 2.39 bits per heavy atom. The molecule has 0 fully saturated rings. The highest BCUT2D eigenvalue weighted by Gasteiger charge is 2.37. The number of allylic oxidation sites excluding steroid dienone is 1. The fraction of sp³-hybridized carbons (Fsp3) is 0.455. The predicted octanol–water partition coefficient (Wildman–Crippen LogP) is 0.805. The normalized spacial score (nSPS) is 16.6. The highest BCUT2D eigenvalue weighted by Crippen LogP contribution is 2.16. The van der Waals surface area contributed by atoms with E-state index >= 15 is 0 Å². The van der Waals surface area contributed by atoms with Crippen LogP contribution in [0.5, 0.6) is 0 Å². The molecule has 18 heavy (non-hydrogen) atoms. The van der Waals surface area contributed by atoms with Gasteiger partial charge in [-0.3, -0.25) is 9.69 Å². The van der Waals surface area contributed by atoms with Gasteiger partial charge in [-0.05, 0) is 20.8 Å². The van der Waals surface area contributed by atoms with Crippen LogP contribution in [0.3, 0.4) is 0 Å². The number of aliphatic hydroxyl groups is 1. The van der Waals surface area contributed by atoms with Crippen LogP contribution in [-0.2, 0) is 14.3 Å². The highest BCUT2D eigenvalue weighted by atomic mass is 16.5.